The lowest BCUT2D eigenvalue weighted by Gasteiger charge is -2.41. The van der Waals surface area contributed by atoms with Gasteiger partial charge in [-0.2, -0.15) is 0 Å². The van der Waals surface area contributed by atoms with Crippen LogP contribution in [0.4, 0.5) is 0 Å². The largest absolute Gasteiger partial charge is 0.472 e. The zero-order valence-electron chi connectivity index (χ0n) is 35.8. The second-order valence-corrected chi connectivity index (χ2v) is 18.2. The van der Waals surface area contributed by atoms with Gasteiger partial charge in [-0.15, -0.1) is 0 Å². The molecule has 0 aromatic heterocycles. The number of phosphoric ester groups is 1. The summed E-state index contributed by atoms with van der Waals surface area (Å²) in [5.74, 6) is -0.560. The SMILES string of the molecule is CCCCCCCCCCCCCCCCCCCCCC(O)C(COP(=O)(O)OC1C(O)C(O)C(O)C(O)C1O)NC(=O)CC(O)CCCCCCCCCC. The van der Waals surface area contributed by atoms with Gasteiger partial charge in [-0.1, -0.05) is 187 Å². The first kappa shape index (κ1) is 54.3. The summed E-state index contributed by atoms with van der Waals surface area (Å²) in [5, 5.41) is 74.4. The van der Waals surface area contributed by atoms with Gasteiger partial charge in [-0.3, -0.25) is 13.8 Å². The van der Waals surface area contributed by atoms with Crippen LogP contribution in [0.5, 0.6) is 0 Å². The van der Waals surface area contributed by atoms with Crippen LogP contribution in [0.3, 0.4) is 0 Å². The molecule has 0 saturated heterocycles. The van der Waals surface area contributed by atoms with E-state index in [0.29, 0.717) is 12.8 Å². The van der Waals surface area contributed by atoms with E-state index in [-0.39, 0.29) is 12.8 Å². The Balaban J connectivity index is 2.48. The molecule has 1 aliphatic rings. The average Bonchev–Trinajstić information content (AvgIpc) is 3.18. The molecule has 1 amide bonds. The normalized spacial score (nSPS) is 23.9. The number of hydrogen-bond acceptors (Lipinski definition) is 11. The molecule has 1 rings (SSSR count). The Morgan fingerprint density at radius 3 is 1.26 bits per heavy atom. The Morgan fingerprint density at radius 1 is 0.544 bits per heavy atom. The van der Waals surface area contributed by atoms with Crippen molar-refractivity contribution in [1.29, 1.82) is 0 Å². The third-order valence-corrected chi connectivity index (χ3v) is 12.5. The smallest absolute Gasteiger partial charge is 0.393 e. The molecular weight excluding hydrogens is 753 g/mol. The summed E-state index contributed by atoms with van der Waals surface area (Å²) in [4.78, 5) is 23.4. The van der Waals surface area contributed by atoms with Crippen LogP contribution < -0.4 is 5.32 Å². The van der Waals surface area contributed by atoms with Crippen LogP contribution in [0, 0.1) is 0 Å². The van der Waals surface area contributed by atoms with Crippen LogP contribution in [0.1, 0.15) is 206 Å². The van der Waals surface area contributed by atoms with Crippen LogP contribution in [-0.4, -0.2) is 108 Å². The number of amides is 1. The van der Waals surface area contributed by atoms with Gasteiger partial charge < -0.3 is 46.0 Å². The Kier molecular flexibility index (Phi) is 32.4. The fourth-order valence-corrected chi connectivity index (χ4v) is 8.62. The van der Waals surface area contributed by atoms with E-state index < -0.39 is 75.2 Å². The first-order chi connectivity index (χ1) is 27.3. The van der Waals surface area contributed by atoms with Crippen LogP contribution >= 0.6 is 7.82 Å². The minimum absolute atomic E-state index is 0.217. The van der Waals surface area contributed by atoms with E-state index in [1.165, 1.54) is 116 Å². The minimum Gasteiger partial charge on any atom is -0.393 e. The third-order valence-electron chi connectivity index (χ3n) is 11.5. The maximum absolute atomic E-state index is 12.9. The zero-order chi connectivity index (χ0) is 42.3. The number of phosphoric acid groups is 1. The molecular formula is C43H86NO12P. The van der Waals surface area contributed by atoms with Gasteiger partial charge in [-0.25, -0.2) is 4.57 Å². The topological polar surface area (TPSA) is 226 Å². The van der Waals surface area contributed by atoms with Gasteiger partial charge in [0.05, 0.1) is 31.3 Å². The van der Waals surface area contributed by atoms with Crippen molar-refractivity contribution in [2.45, 2.75) is 261 Å². The molecule has 8 unspecified atom stereocenters. The van der Waals surface area contributed by atoms with E-state index in [1.807, 2.05) is 0 Å². The molecule has 0 aliphatic heterocycles. The van der Waals surface area contributed by atoms with E-state index in [2.05, 4.69) is 19.2 Å². The fourth-order valence-electron chi connectivity index (χ4n) is 7.66. The highest BCUT2D eigenvalue weighted by molar-refractivity contribution is 7.47. The van der Waals surface area contributed by atoms with Crippen molar-refractivity contribution in [1.82, 2.24) is 5.32 Å². The minimum atomic E-state index is -5.11. The Labute approximate surface area is 345 Å². The van der Waals surface area contributed by atoms with E-state index in [4.69, 9.17) is 9.05 Å². The van der Waals surface area contributed by atoms with E-state index in [1.54, 1.807) is 0 Å². The molecule has 1 saturated carbocycles. The molecule has 14 heteroatoms. The molecule has 0 spiro atoms. The number of aliphatic hydroxyl groups excluding tert-OH is 7. The molecule has 57 heavy (non-hydrogen) atoms. The molecule has 0 bridgehead atoms. The highest BCUT2D eigenvalue weighted by Gasteiger charge is 2.51. The number of carbonyl (C=O) groups is 1. The van der Waals surface area contributed by atoms with Crippen molar-refractivity contribution in [3.8, 4) is 0 Å². The third kappa shape index (κ3) is 26.3. The van der Waals surface area contributed by atoms with Gasteiger partial charge in [-0.05, 0) is 12.8 Å². The molecule has 1 aliphatic carbocycles. The van der Waals surface area contributed by atoms with Crippen molar-refractivity contribution < 1.29 is 59.0 Å². The van der Waals surface area contributed by atoms with Gasteiger partial charge in [0.2, 0.25) is 5.91 Å². The van der Waals surface area contributed by atoms with Crippen molar-refractivity contribution in [3.05, 3.63) is 0 Å². The number of aliphatic hydroxyl groups is 7. The van der Waals surface area contributed by atoms with Crippen LogP contribution in [0.25, 0.3) is 0 Å². The van der Waals surface area contributed by atoms with Crippen molar-refractivity contribution in [2.75, 3.05) is 6.61 Å². The number of carbonyl (C=O) groups excluding carboxylic acids is 1. The number of rotatable bonds is 38. The predicted octanol–water partition coefficient (Wildman–Crippen LogP) is 7.26. The van der Waals surface area contributed by atoms with E-state index in [9.17, 15) is 50.0 Å². The highest BCUT2D eigenvalue weighted by atomic mass is 31.2. The first-order valence-electron chi connectivity index (χ1n) is 23.1. The van der Waals surface area contributed by atoms with Gasteiger partial charge in [0.25, 0.3) is 0 Å². The molecule has 0 radical (unpaired) electrons. The second kappa shape index (κ2) is 34.0. The predicted molar refractivity (Wildman–Crippen MR) is 224 cm³/mol. The zero-order valence-corrected chi connectivity index (χ0v) is 36.7. The number of unbranched alkanes of at least 4 members (excludes halogenated alkanes) is 25. The Morgan fingerprint density at radius 2 is 0.877 bits per heavy atom. The number of nitrogens with one attached hydrogen (secondary N) is 1. The molecule has 340 valence electrons. The molecule has 9 N–H and O–H groups in total. The summed E-state index contributed by atoms with van der Waals surface area (Å²) in [6.45, 7) is 3.76. The standard InChI is InChI=1S/C43H86NO12P/c1-3-5-7-9-11-13-14-15-16-17-18-19-20-21-22-23-25-27-29-31-36(46)35(44-37(47)32-34(45)30-28-26-24-12-10-8-6-4-2)33-55-57(53,54)56-43-41(51)39(49)38(48)40(50)42(43)52/h34-36,38-43,45-46,48-52H,3-33H2,1-2H3,(H,44,47)(H,53,54). The quantitative estimate of drug-likeness (QED) is 0.0221. The Bertz CT molecular complexity index is 995. The molecule has 0 heterocycles. The lowest BCUT2D eigenvalue weighted by Crippen LogP contribution is -2.64. The maximum Gasteiger partial charge on any atom is 0.472 e. The number of hydrogen-bond donors (Lipinski definition) is 9. The fraction of sp³-hybridized carbons (Fsp3) is 0.977. The van der Waals surface area contributed by atoms with Gasteiger partial charge in [0.1, 0.15) is 36.6 Å². The Hall–Kier alpha value is -0.700. The summed E-state index contributed by atoms with van der Waals surface area (Å²) < 4.78 is 22.9. The molecule has 1 fully saturated rings. The monoisotopic (exact) mass is 840 g/mol. The summed E-state index contributed by atoms with van der Waals surface area (Å²) in [6, 6.07) is -1.15. The van der Waals surface area contributed by atoms with Gasteiger partial charge in [0.15, 0.2) is 0 Å². The molecule has 13 nitrogen and oxygen atoms in total. The van der Waals surface area contributed by atoms with E-state index in [0.717, 1.165) is 51.4 Å². The van der Waals surface area contributed by atoms with Crippen LogP contribution in [0.15, 0.2) is 0 Å². The van der Waals surface area contributed by atoms with Crippen molar-refractivity contribution in [3.63, 3.8) is 0 Å². The molecule has 0 aromatic carbocycles. The van der Waals surface area contributed by atoms with Crippen LogP contribution in [0.2, 0.25) is 0 Å². The van der Waals surface area contributed by atoms with Gasteiger partial charge >= 0.3 is 7.82 Å². The highest BCUT2D eigenvalue weighted by Crippen LogP contribution is 2.47. The molecule has 0 aromatic rings. The van der Waals surface area contributed by atoms with Crippen molar-refractivity contribution >= 4 is 13.7 Å². The summed E-state index contributed by atoms with van der Waals surface area (Å²) >= 11 is 0. The molecule has 8 atom stereocenters. The summed E-state index contributed by atoms with van der Waals surface area (Å²) in [5.41, 5.74) is 0. The summed E-state index contributed by atoms with van der Waals surface area (Å²) in [7, 11) is -5.11. The maximum atomic E-state index is 12.9. The van der Waals surface area contributed by atoms with Crippen LogP contribution in [-0.2, 0) is 18.4 Å². The van der Waals surface area contributed by atoms with E-state index >= 15 is 0 Å². The van der Waals surface area contributed by atoms with Gasteiger partial charge in [0, 0.05) is 0 Å². The van der Waals surface area contributed by atoms with Crippen molar-refractivity contribution in [2.24, 2.45) is 0 Å². The lowest BCUT2D eigenvalue weighted by molar-refractivity contribution is -0.220. The second-order valence-electron chi connectivity index (χ2n) is 16.8. The first-order valence-corrected chi connectivity index (χ1v) is 24.6. The summed E-state index contributed by atoms with van der Waals surface area (Å²) in [6.07, 6.45) is 18.9. The average molecular weight is 840 g/mol. The lowest BCUT2D eigenvalue weighted by atomic mass is 9.85.